The zero-order valence-electron chi connectivity index (χ0n) is 15.5. The van der Waals surface area contributed by atoms with Crippen LogP contribution in [0.5, 0.6) is 0 Å². The lowest BCUT2D eigenvalue weighted by Crippen LogP contribution is -2.45. The van der Waals surface area contributed by atoms with Crippen LogP contribution in [0.1, 0.15) is 65.5 Å². The Bertz CT molecular complexity index is 588. The summed E-state index contributed by atoms with van der Waals surface area (Å²) in [6, 6.07) is 4.90. The largest absolute Gasteiger partial charge is 0.362 e. The van der Waals surface area contributed by atoms with Crippen LogP contribution in [0.3, 0.4) is 0 Å². The maximum absolute atomic E-state index is 6.60. The summed E-state index contributed by atoms with van der Waals surface area (Å²) < 4.78 is 0. The summed E-state index contributed by atoms with van der Waals surface area (Å²) in [5, 5.41) is 4.33. The first-order valence-electron chi connectivity index (χ1n) is 8.79. The zero-order valence-corrected chi connectivity index (χ0v) is 16.2. The lowest BCUT2D eigenvalue weighted by atomic mass is 9.87. The molecular formula is C20H31ClN2. The number of hydrogen-bond donors (Lipinski definition) is 1. The van der Waals surface area contributed by atoms with Crippen molar-refractivity contribution in [2.24, 2.45) is 0 Å². The second-order valence-corrected chi connectivity index (χ2v) is 7.89. The average molecular weight is 335 g/mol. The predicted octanol–water partition coefficient (Wildman–Crippen LogP) is 5.64. The summed E-state index contributed by atoms with van der Waals surface area (Å²) >= 11 is 6.60. The second-order valence-electron chi connectivity index (χ2n) is 7.48. The number of anilines is 1. The van der Waals surface area contributed by atoms with Crippen LogP contribution in [0.25, 0.3) is 5.57 Å². The van der Waals surface area contributed by atoms with Crippen LogP contribution in [0.4, 0.5) is 5.69 Å². The molecule has 0 atom stereocenters. The lowest BCUT2D eigenvalue weighted by Gasteiger charge is -2.43. The van der Waals surface area contributed by atoms with Gasteiger partial charge in [-0.2, -0.15) is 0 Å². The molecule has 0 fully saturated rings. The van der Waals surface area contributed by atoms with Gasteiger partial charge in [0.1, 0.15) is 0 Å². The number of nitrogens with one attached hydrogen (secondary N) is 1. The van der Waals surface area contributed by atoms with Gasteiger partial charge in [0, 0.05) is 35.4 Å². The standard InChI is InChI=1S/C20H31ClN2/c1-7-8-9-23-19-11-18(21)16(13-22-14(2)3)10-17(19)15(4)12-20(23,5)6/h10-12,14,22H,7-9,13H2,1-6H3. The Morgan fingerprint density at radius 2 is 1.96 bits per heavy atom. The maximum Gasteiger partial charge on any atom is 0.0534 e. The van der Waals surface area contributed by atoms with Crippen LogP contribution in [0.15, 0.2) is 18.2 Å². The van der Waals surface area contributed by atoms with Gasteiger partial charge in [-0.15, -0.1) is 0 Å². The van der Waals surface area contributed by atoms with Gasteiger partial charge in [-0.05, 0) is 50.5 Å². The Morgan fingerprint density at radius 3 is 2.57 bits per heavy atom. The van der Waals surface area contributed by atoms with E-state index < -0.39 is 0 Å². The van der Waals surface area contributed by atoms with Crippen molar-refractivity contribution in [2.45, 2.75) is 72.5 Å². The molecule has 0 aromatic heterocycles. The molecule has 1 aliphatic heterocycles. The molecule has 23 heavy (non-hydrogen) atoms. The topological polar surface area (TPSA) is 15.3 Å². The van der Waals surface area contributed by atoms with E-state index in [1.165, 1.54) is 35.2 Å². The molecule has 1 heterocycles. The van der Waals surface area contributed by atoms with Gasteiger partial charge in [0.05, 0.1) is 5.54 Å². The van der Waals surface area contributed by atoms with E-state index in [1.807, 2.05) is 0 Å². The molecule has 0 radical (unpaired) electrons. The molecule has 128 valence electrons. The van der Waals surface area contributed by atoms with Crippen molar-refractivity contribution in [3.63, 3.8) is 0 Å². The molecule has 2 nitrogen and oxygen atoms in total. The van der Waals surface area contributed by atoms with Gasteiger partial charge in [-0.1, -0.05) is 44.9 Å². The summed E-state index contributed by atoms with van der Waals surface area (Å²) in [7, 11) is 0. The van der Waals surface area contributed by atoms with Crippen molar-refractivity contribution in [2.75, 3.05) is 11.4 Å². The lowest BCUT2D eigenvalue weighted by molar-refractivity contribution is 0.540. The van der Waals surface area contributed by atoms with E-state index in [2.05, 4.69) is 70.0 Å². The number of halogens is 1. The number of unbranched alkanes of at least 4 members (excludes halogenated alkanes) is 1. The van der Waals surface area contributed by atoms with Crippen LogP contribution in [0.2, 0.25) is 5.02 Å². The molecule has 0 bridgehead atoms. The Hall–Kier alpha value is -0.990. The smallest absolute Gasteiger partial charge is 0.0534 e. The molecule has 1 aliphatic rings. The first kappa shape index (κ1) is 18.4. The molecule has 2 rings (SSSR count). The highest BCUT2D eigenvalue weighted by Crippen LogP contribution is 2.41. The molecule has 1 aromatic carbocycles. The molecule has 0 unspecified atom stereocenters. The predicted molar refractivity (Wildman–Crippen MR) is 103 cm³/mol. The van der Waals surface area contributed by atoms with Gasteiger partial charge in [0.15, 0.2) is 0 Å². The maximum atomic E-state index is 6.60. The van der Waals surface area contributed by atoms with Crippen LogP contribution < -0.4 is 10.2 Å². The number of hydrogen-bond acceptors (Lipinski definition) is 2. The fourth-order valence-electron chi connectivity index (χ4n) is 3.32. The first-order valence-corrected chi connectivity index (χ1v) is 9.17. The van der Waals surface area contributed by atoms with Crippen LogP contribution in [-0.2, 0) is 6.54 Å². The number of allylic oxidation sites excluding steroid dienone is 1. The van der Waals surface area contributed by atoms with Crippen molar-refractivity contribution >= 4 is 22.9 Å². The molecule has 0 amide bonds. The molecule has 1 aromatic rings. The van der Waals surface area contributed by atoms with Crippen LogP contribution in [0, 0.1) is 0 Å². The number of benzene rings is 1. The van der Waals surface area contributed by atoms with Gasteiger partial charge in [-0.25, -0.2) is 0 Å². The molecule has 1 N–H and O–H groups in total. The molecule has 0 saturated carbocycles. The summed E-state index contributed by atoms with van der Waals surface area (Å²) in [6.45, 7) is 15.2. The van der Waals surface area contributed by atoms with Crippen molar-refractivity contribution < 1.29 is 0 Å². The quantitative estimate of drug-likeness (QED) is 0.724. The highest BCUT2D eigenvalue weighted by Gasteiger charge is 2.31. The van der Waals surface area contributed by atoms with E-state index in [4.69, 9.17) is 11.6 Å². The molecule has 0 saturated heterocycles. The molecule has 0 aliphatic carbocycles. The Balaban J connectivity index is 2.42. The van der Waals surface area contributed by atoms with Gasteiger partial charge < -0.3 is 10.2 Å². The Labute approximate surface area is 146 Å². The minimum absolute atomic E-state index is 0.0350. The molecule has 0 spiro atoms. The Morgan fingerprint density at radius 1 is 1.26 bits per heavy atom. The third-order valence-corrected chi connectivity index (χ3v) is 4.93. The number of rotatable bonds is 6. The third-order valence-electron chi connectivity index (χ3n) is 4.58. The van der Waals surface area contributed by atoms with Crippen LogP contribution >= 0.6 is 11.6 Å². The fraction of sp³-hybridized carbons (Fsp3) is 0.600. The van der Waals surface area contributed by atoms with E-state index in [-0.39, 0.29) is 5.54 Å². The van der Waals surface area contributed by atoms with Gasteiger partial charge in [-0.3, -0.25) is 0 Å². The van der Waals surface area contributed by atoms with E-state index in [1.54, 1.807) is 0 Å². The van der Waals surface area contributed by atoms with Gasteiger partial charge >= 0.3 is 0 Å². The van der Waals surface area contributed by atoms with E-state index in [0.29, 0.717) is 6.04 Å². The highest BCUT2D eigenvalue weighted by molar-refractivity contribution is 6.31. The normalized spacial score (nSPS) is 16.5. The van der Waals surface area contributed by atoms with Crippen molar-refractivity contribution in [3.8, 4) is 0 Å². The van der Waals surface area contributed by atoms with E-state index in [0.717, 1.165) is 18.1 Å². The van der Waals surface area contributed by atoms with Crippen molar-refractivity contribution in [1.82, 2.24) is 5.32 Å². The van der Waals surface area contributed by atoms with Crippen molar-refractivity contribution in [1.29, 1.82) is 0 Å². The van der Waals surface area contributed by atoms with Crippen molar-refractivity contribution in [3.05, 3.63) is 34.4 Å². The number of nitrogens with zero attached hydrogens (tertiary/aromatic N) is 1. The summed E-state index contributed by atoms with van der Waals surface area (Å²) in [6.07, 6.45) is 4.79. The SMILES string of the molecule is CCCCN1c2cc(Cl)c(CNC(C)C)cc2C(C)=CC1(C)C. The zero-order chi connectivity index (χ0) is 17.2. The minimum Gasteiger partial charge on any atom is -0.362 e. The fourth-order valence-corrected chi connectivity index (χ4v) is 3.54. The van der Waals surface area contributed by atoms with E-state index >= 15 is 0 Å². The van der Waals surface area contributed by atoms with Gasteiger partial charge in [0.25, 0.3) is 0 Å². The molecular weight excluding hydrogens is 304 g/mol. The second kappa shape index (κ2) is 7.27. The Kier molecular flexibility index (Phi) is 5.80. The third kappa shape index (κ3) is 4.10. The van der Waals surface area contributed by atoms with Crippen LogP contribution in [-0.4, -0.2) is 18.1 Å². The summed E-state index contributed by atoms with van der Waals surface area (Å²) in [5.41, 5.74) is 5.17. The van der Waals surface area contributed by atoms with Gasteiger partial charge in [0.2, 0.25) is 0 Å². The monoisotopic (exact) mass is 334 g/mol. The highest BCUT2D eigenvalue weighted by atomic mass is 35.5. The molecule has 3 heteroatoms. The number of fused-ring (bicyclic) bond motifs is 1. The average Bonchev–Trinajstić information content (AvgIpc) is 2.44. The van der Waals surface area contributed by atoms with E-state index in [9.17, 15) is 0 Å². The summed E-state index contributed by atoms with van der Waals surface area (Å²) in [5.74, 6) is 0. The first-order chi connectivity index (χ1) is 10.8. The minimum atomic E-state index is 0.0350. The summed E-state index contributed by atoms with van der Waals surface area (Å²) in [4.78, 5) is 2.50.